The van der Waals surface area contributed by atoms with Crippen LogP contribution < -0.4 is 14.8 Å². The summed E-state index contributed by atoms with van der Waals surface area (Å²) in [7, 11) is 0. The van der Waals surface area contributed by atoms with Crippen molar-refractivity contribution in [2.24, 2.45) is 0 Å². The van der Waals surface area contributed by atoms with Crippen LogP contribution >= 0.6 is 23.5 Å². The topological polar surface area (TPSA) is 152 Å². The molecule has 2 saturated heterocycles. The number of aliphatic hydroxyl groups is 2. The Hall–Kier alpha value is -4.73. The Kier molecular flexibility index (Phi) is 12.2. The van der Waals surface area contributed by atoms with Crippen LogP contribution in [0.3, 0.4) is 0 Å². The summed E-state index contributed by atoms with van der Waals surface area (Å²) in [5.41, 5.74) is 3.54. The van der Waals surface area contributed by atoms with Gasteiger partial charge >= 0.3 is 0 Å². The average Bonchev–Trinajstić information content (AvgIpc) is 3.60. The molecule has 2 heterocycles. The number of amides is 4. The third-order valence-corrected chi connectivity index (χ3v) is 10.4. The number of carbonyl (C=O) groups is 4. The maximum absolute atomic E-state index is 13.4. The first-order chi connectivity index (χ1) is 25.1. The molecule has 0 spiro atoms. The third-order valence-electron chi connectivity index (χ3n) is 8.35. The zero-order chi connectivity index (χ0) is 36.6. The first-order valence-corrected chi connectivity index (χ1v) is 18.1. The van der Waals surface area contributed by atoms with Crippen LogP contribution in [0.2, 0.25) is 0 Å². The molecule has 4 atom stereocenters. The molecule has 0 saturated carbocycles. The number of benzene rings is 4. The summed E-state index contributed by atoms with van der Waals surface area (Å²) >= 11 is 1.92. The average molecular weight is 747 g/mol. The second-order valence-electron chi connectivity index (χ2n) is 12.1. The zero-order valence-electron chi connectivity index (χ0n) is 27.7. The maximum atomic E-state index is 13.4. The van der Waals surface area contributed by atoms with E-state index in [1.165, 1.54) is 18.2 Å². The fourth-order valence-corrected chi connectivity index (χ4v) is 7.39. The number of aliphatic hydroxyl groups excluding tert-OH is 2. The minimum atomic E-state index is -0.993. The van der Waals surface area contributed by atoms with Crippen molar-refractivity contribution in [3.63, 3.8) is 0 Å². The van der Waals surface area contributed by atoms with E-state index in [1.807, 2.05) is 24.3 Å². The van der Waals surface area contributed by atoms with Crippen LogP contribution in [0.1, 0.15) is 40.0 Å². The number of hydrogen-bond acceptors (Lipinski definition) is 11. The summed E-state index contributed by atoms with van der Waals surface area (Å²) < 4.78 is 30.5. The second kappa shape index (κ2) is 17.2. The Bertz CT molecular complexity index is 1910. The van der Waals surface area contributed by atoms with E-state index < -0.39 is 33.8 Å². The molecule has 0 bridgehead atoms. The maximum Gasteiger partial charge on any atom is 0.291 e. The van der Waals surface area contributed by atoms with Gasteiger partial charge in [-0.3, -0.25) is 24.5 Å². The zero-order valence-corrected chi connectivity index (χ0v) is 29.3. The van der Waals surface area contributed by atoms with E-state index in [0.29, 0.717) is 35.5 Å². The SMILES string of the molecule is O=C1NC(=O)C(Cc2ccc(OC[C@H](O)c3cccc(OCN4C(=O)SC(Cc5ccc(COC[C@H](O)c6cccc(F)c6)cc5)C4=O)c3)cc2)S1. The number of halogens is 1. The van der Waals surface area contributed by atoms with Gasteiger partial charge in [0.15, 0.2) is 6.73 Å². The molecule has 4 amide bonds. The molecule has 270 valence electrons. The number of hydrogen-bond donors (Lipinski definition) is 3. The summed E-state index contributed by atoms with van der Waals surface area (Å²) in [6, 6.07) is 26.9. The smallest absolute Gasteiger partial charge is 0.291 e. The highest BCUT2D eigenvalue weighted by molar-refractivity contribution is 8.15. The fraction of sp³-hybridized carbons (Fsp3) is 0.263. The molecule has 3 N–H and O–H groups in total. The number of ether oxygens (including phenoxy) is 3. The van der Waals surface area contributed by atoms with E-state index in [-0.39, 0.29) is 43.6 Å². The molecular formula is C38H35FN2O9S2. The molecule has 0 aliphatic carbocycles. The fourth-order valence-electron chi connectivity index (χ4n) is 5.51. The van der Waals surface area contributed by atoms with Gasteiger partial charge in [0, 0.05) is 0 Å². The Balaban J connectivity index is 0.933. The molecule has 11 nitrogen and oxygen atoms in total. The van der Waals surface area contributed by atoms with Gasteiger partial charge in [0.1, 0.15) is 36.1 Å². The first kappa shape index (κ1) is 37.0. The van der Waals surface area contributed by atoms with Gasteiger partial charge in [-0.05, 0) is 77.1 Å². The van der Waals surface area contributed by atoms with E-state index >= 15 is 0 Å². The van der Waals surface area contributed by atoms with E-state index in [1.54, 1.807) is 54.6 Å². The summed E-state index contributed by atoms with van der Waals surface area (Å²) in [5, 5.41) is 21.5. The van der Waals surface area contributed by atoms with Crippen LogP contribution in [-0.4, -0.2) is 67.9 Å². The molecule has 14 heteroatoms. The Morgan fingerprint density at radius 1 is 0.712 bits per heavy atom. The van der Waals surface area contributed by atoms with Crippen LogP contribution in [0.4, 0.5) is 14.0 Å². The van der Waals surface area contributed by atoms with Crippen molar-refractivity contribution >= 4 is 45.8 Å². The minimum Gasteiger partial charge on any atom is -0.491 e. The number of rotatable bonds is 16. The van der Waals surface area contributed by atoms with Crippen molar-refractivity contribution in [2.75, 3.05) is 19.9 Å². The van der Waals surface area contributed by atoms with Gasteiger partial charge in [0.25, 0.3) is 10.5 Å². The van der Waals surface area contributed by atoms with Crippen LogP contribution in [0.25, 0.3) is 0 Å². The molecule has 4 aromatic carbocycles. The van der Waals surface area contributed by atoms with Crippen molar-refractivity contribution in [1.29, 1.82) is 0 Å². The van der Waals surface area contributed by atoms with Gasteiger partial charge in [0.05, 0.1) is 23.7 Å². The summed E-state index contributed by atoms with van der Waals surface area (Å²) in [5.74, 6) is -0.198. The molecule has 6 rings (SSSR count). The molecule has 2 unspecified atom stereocenters. The van der Waals surface area contributed by atoms with Gasteiger partial charge in [-0.2, -0.15) is 0 Å². The lowest BCUT2D eigenvalue weighted by molar-refractivity contribution is -0.128. The summed E-state index contributed by atoms with van der Waals surface area (Å²) in [6.45, 7) is -0.0887. The van der Waals surface area contributed by atoms with E-state index in [0.717, 1.165) is 45.1 Å². The molecule has 2 aliphatic heterocycles. The standard InChI is InChI=1S/C38H35FN2O9S2/c39-28-5-1-3-26(17-28)31(42)20-48-19-25-9-7-23(8-10-25)16-34-36(45)41(38(47)52-34)22-50-30-6-2-4-27(18-30)32(43)21-49-29-13-11-24(12-14-29)15-33-35(44)40-37(46)51-33/h1-14,17-18,31-34,42-43H,15-16,19-22H2,(H,40,44,46)/t31-,32-,33?,34?/m0/s1. The predicted molar refractivity (Wildman–Crippen MR) is 192 cm³/mol. The molecule has 4 aromatic rings. The number of thioether (sulfide) groups is 2. The highest BCUT2D eigenvalue weighted by Gasteiger charge is 2.40. The quantitative estimate of drug-likeness (QED) is 0.129. The van der Waals surface area contributed by atoms with Crippen LogP contribution in [0.15, 0.2) is 97.1 Å². The van der Waals surface area contributed by atoms with E-state index in [4.69, 9.17) is 14.2 Å². The largest absolute Gasteiger partial charge is 0.491 e. The molecule has 52 heavy (non-hydrogen) atoms. The van der Waals surface area contributed by atoms with Gasteiger partial charge in [-0.15, -0.1) is 0 Å². The normalized spacial score (nSPS) is 18.4. The predicted octanol–water partition coefficient (Wildman–Crippen LogP) is 5.73. The number of carbonyl (C=O) groups excluding carboxylic acids is 4. The lowest BCUT2D eigenvalue weighted by Crippen LogP contribution is -2.35. The van der Waals surface area contributed by atoms with Gasteiger partial charge in [0.2, 0.25) is 11.8 Å². The molecule has 2 aliphatic rings. The van der Waals surface area contributed by atoms with E-state index in [9.17, 15) is 33.8 Å². The lowest BCUT2D eigenvalue weighted by Gasteiger charge is -2.17. The van der Waals surface area contributed by atoms with E-state index in [2.05, 4.69) is 5.32 Å². The Labute approximate surface area is 307 Å². The highest BCUT2D eigenvalue weighted by Crippen LogP contribution is 2.31. The van der Waals surface area contributed by atoms with Gasteiger partial charge in [-0.25, -0.2) is 9.29 Å². The van der Waals surface area contributed by atoms with Crippen molar-refractivity contribution < 1.29 is 48.0 Å². The van der Waals surface area contributed by atoms with Crippen molar-refractivity contribution in [3.8, 4) is 11.5 Å². The molecule has 2 fully saturated rings. The summed E-state index contributed by atoms with van der Waals surface area (Å²) in [4.78, 5) is 50.1. The summed E-state index contributed by atoms with van der Waals surface area (Å²) in [6.07, 6.45) is -1.20. The van der Waals surface area contributed by atoms with Crippen molar-refractivity contribution in [1.82, 2.24) is 10.2 Å². The Morgan fingerprint density at radius 2 is 1.35 bits per heavy atom. The highest BCUT2D eigenvalue weighted by atomic mass is 32.2. The molecular weight excluding hydrogens is 712 g/mol. The minimum absolute atomic E-state index is 0.00383. The number of nitrogens with zero attached hydrogens (tertiary/aromatic N) is 1. The molecule has 0 aromatic heterocycles. The van der Waals surface area contributed by atoms with Gasteiger partial charge < -0.3 is 24.4 Å². The van der Waals surface area contributed by atoms with Crippen LogP contribution in [0.5, 0.6) is 11.5 Å². The van der Waals surface area contributed by atoms with Crippen LogP contribution in [0, 0.1) is 5.82 Å². The number of imide groups is 2. The van der Waals surface area contributed by atoms with Crippen molar-refractivity contribution in [3.05, 3.63) is 131 Å². The monoisotopic (exact) mass is 746 g/mol. The third kappa shape index (κ3) is 9.78. The van der Waals surface area contributed by atoms with Crippen molar-refractivity contribution in [2.45, 2.75) is 42.2 Å². The van der Waals surface area contributed by atoms with Gasteiger partial charge in [-0.1, -0.05) is 84.2 Å². The second-order valence-corrected chi connectivity index (χ2v) is 14.5. The van der Waals surface area contributed by atoms with Crippen LogP contribution in [-0.2, 0) is 33.8 Å². The lowest BCUT2D eigenvalue weighted by atomic mass is 10.1. The number of nitrogens with one attached hydrogen (secondary N) is 1. The molecule has 0 radical (unpaired) electrons. The first-order valence-electron chi connectivity index (χ1n) is 16.4. The Morgan fingerprint density at radius 3 is 2.04 bits per heavy atom.